The fraction of sp³-hybridized carbons (Fsp3) is 0.368. The first-order valence-electron chi connectivity index (χ1n) is 8.95. The lowest BCUT2D eigenvalue weighted by molar-refractivity contribution is -0.115. The molecule has 0 bridgehead atoms. The number of nitrogens with one attached hydrogen (secondary N) is 1. The zero-order valence-corrected chi connectivity index (χ0v) is 17.4. The Bertz CT molecular complexity index is 929. The Morgan fingerprint density at radius 1 is 1.25 bits per heavy atom. The number of benzene rings is 1. The molecule has 0 aliphatic carbocycles. The van der Waals surface area contributed by atoms with Crippen LogP contribution < -0.4 is 5.32 Å². The number of thioether (sulfide) groups is 1. The maximum absolute atomic E-state index is 13.0. The molecule has 1 aliphatic heterocycles. The number of sulfonamides is 1. The van der Waals surface area contributed by atoms with Gasteiger partial charge in [0.15, 0.2) is 0 Å². The Labute approximate surface area is 169 Å². The Morgan fingerprint density at radius 3 is 2.68 bits per heavy atom. The summed E-state index contributed by atoms with van der Waals surface area (Å²) in [5.74, 6) is -0.214. The highest BCUT2D eigenvalue weighted by Crippen LogP contribution is 2.26. The third kappa shape index (κ3) is 4.91. The van der Waals surface area contributed by atoms with Gasteiger partial charge in [0.25, 0.3) is 0 Å². The number of carbonyl (C=O) groups excluding carboxylic acids is 1. The van der Waals surface area contributed by atoms with Gasteiger partial charge in [0.1, 0.15) is 0 Å². The molecule has 0 saturated carbocycles. The van der Waals surface area contributed by atoms with Gasteiger partial charge < -0.3 is 10.1 Å². The summed E-state index contributed by atoms with van der Waals surface area (Å²) in [6.45, 7) is 4.97. The van der Waals surface area contributed by atoms with Crippen LogP contribution in [0.15, 0.2) is 52.5 Å². The number of aromatic nitrogens is 1. The van der Waals surface area contributed by atoms with Crippen molar-refractivity contribution in [3.63, 3.8) is 0 Å². The number of morpholine rings is 1. The molecule has 150 valence electrons. The van der Waals surface area contributed by atoms with Crippen molar-refractivity contribution >= 4 is 33.4 Å². The van der Waals surface area contributed by atoms with Gasteiger partial charge in [-0.3, -0.25) is 4.79 Å². The molecule has 1 aliphatic rings. The smallest absolute Gasteiger partial charge is 0.243 e. The number of amides is 1. The van der Waals surface area contributed by atoms with Gasteiger partial charge in [-0.2, -0.15) is 4.31 Å². The number of nitrogens with zero attached hydrogens (tertiary/aromatic N) is 2. The summed E-state index contributed by atoms with van der Waals surface area (Å²) in [5.41, 5.74) is 1.09. The van der Waals surface area contributed by atoms with Crippen molar-refractivity contribution in [2.24, 2.45) is 0 Å². The van der Waals surface area contributed by atoms with Crippen LogP contribution in [0.25, 0.3) is 0 Å². The van der Waals surface area contributed by atoms with Gasteiger partial charge in [-0.25, -0.2) is 13.4 Å². The number of aryl methyl sites for hydroxylation is 1. The van der Waals surface area contributed by atoms with E-state index in [2.05, 4.69) is 10.3 Å². The van der Waals surface area contributed by atoms with Crippen molar-refractivity contribution in [1.29, 1.82) is 0 Å². The van der Waals surface area contributed by atoms with Crippen LogP contribution in [0.3, 0.4) is 0 Å². The minimum Gasteiger partial charge on any atom is -0.379 e. The van der Waals surface area contributed by atoms with E-state index in [1.54, 1.807) is 32.2 Å². The third-order valence-corrected chi connectivity index (χ3v) is 7.44. The van der Waals surface area contributed by atoms with Gasteiger partial charge in [-0.1, -0.05) is 23.9 Å². The predicted octanol–water partition coefficient (Wildman–Crippen LogP) is 2.53. The van der Waals surface area contributed by atoms with Crippen LogP contribution in [-0.4, -0.2) is 55.2 Å². The van der Waals surface area contributed by atoms with Gasteiger partial charge in [0.2, 0.25) is 15.9 Å². The number of anilines is 1. The monoisotopic (exact) mass is 421 g/mol. The average molecular weight is 422 g/mol. The van der Waals surface area contributed by atoms with Gasteiger partial charge in [-0.15, -0.1) is 0 Å². The summed E-state index contributed by atoms with van der Waals surface area (Å²) < 4.78 is 32.6. The summed E-state index contributed by atoms with van der Waals surface area (Å²) in [7, 11) is -3.63. The highest BCUT2D eigenvalue weighted by Gasteiger charge is 2.28. The SMILES string of the molecule is Cc1ccc(NC(=O)[C@@H](C)Sc2ccccn2)cc1S(=O)(=O)N1CCOCC1. The molecule has 1 atom stereocenters. The molecule has 2 aromatic rings. The second-order valence-corrected chi connectivity index (χ2v) is 9.68. The van der Waals surface area contributed by atoms with Gasteiger partial charge in [0.05, 0.1) is 28.4 Å². The first kappa shape index (κ1) is 20.8. The number of hydrogen-bond donors (Lipinski definition) is 1. The topological polar surface area (TPSA) is 88.6 Å². The van der Waals surface area contributed by atoms with Crippen molar-refractivity contribution in [3.8, 4) is 0 Å². The summed E-state index contributed by atoms with van der Waals surface area (Å²) >= 11 is 1.34. The standard InChI is InChI=1S/C19H23N3O4S2/c1-14-6-7-16(13-17(14)28(24,25)22-9-11-26-12-10-22)21-19(23)15(2)27-18-5-3-4-8-20-18/h3-8,13,15H,9-12H2,1-2H3,(H,21,23)/t15-/m1/s1. The van der Waals surface area contributed by atoms with Crippen molar-refractivity contribution in [2.45, 2.75) is 29.0 Å². The van der Waals surface area contributed by atoms with Crippen molar-refractivity contribution < 1.29 is 17.9 Å². The van der Waals surface area contributed by atoms with Gasteiger partial charge in [-0.05, 0) is 43.7 Å². The number of rotatable bonds is 6. The lowest BCUT2D eigenvalue weighted by Gasteiger charge is -2.27. The molecular formula is C19H23N3O4S2. The zero-order valence-electron chi connectivity index (χ0n) is 15.8. The molecule has 0 spiro atoms. The molecule has 0 radical (unpaired) electrons. The summed E-state index contributed by atoms with van der Waals surface area (Å²) in [4.78, 5) is 16.9. The Kier molecular flexibility index (Phi) is 6.71. The fourth-order valence-corrected chi connectivity index (χ4v) is 5.24. The van der Waals surface area contributed by atoms with Crippen LogP contribution in [0.1, 0.15) is 12.5 Å². The van der Waals surface area contributed by atoms with Crippen LogP contribution in [0.5, 0.6) is 0 Å². The van der Waals surface area contributed by atoms with Crippen molar-refractivity contribution in [1.82, 2.24) is 9.29 Å². The molecule has 1 aromatic heterocycles. The van der Waals surface area contributed by atoms with E-state index >= 15 is 0 Å². The molecule has 1 saturated heterocycles. The largest absolute Gasteiger partial charge is 0.379 e. The van der Waals surface area contributed by atoms with Crippen molar-refractivity contribution in [3.05, 3.63) is 48.2 Å². The van der Waals surface area contributed by atoms with Crippen LogP contribution in [-0.2, 0) is 19.6 Å². The van der Waals surface area contributed by atoms with E-state index in [9.17, 15) is 13.2 Å². The number of hydrogen-bond acceptors (Lipinski definition) is 6. The molecule has 7 nitrogen and oxygen atoms in total. The molecule has 1 N–H and O–H groups in total. The summed E-state index contributed by atoms with van der Waals surface area (Å²) in [5, 5.41) is 3.18. The molecule has 1 amide bonds. The highest BCUT2D eigenvalue weighted by atomic mass is 32.2. The molecule has 0 unspecified atom stereocenters. The molecule has 2 heterocycles. The normalized spacial score (nSPS) is 16.5. The summed E-state index contributed by atoms with van der Waals surface area (Å²) in [6, 6.07) is 10.5. The maximum atomic E-state index is 13.0. The van der Waals surface area contributed by atoms with E-state index in [1.807, 2.05) is 18.2 Å². The third-order valence-electron chi connectivity index (χ3n) is 4.35. The van der Waals surface area contributed by atoms with E-state index in [4.69, 9.17) is 4.74 Å². The van der Waals surface area contributed by atoms with E-state index in [-0.39, 0.29) is 16.1 Å². The quantitative estimate of drug-likeness (QED) is 0.721. The number of carbonyl (C=O) groups is 1. The minimum atomic E-state index is -3.63. The van der Waals surface area contributed by atoms with E-state index in [1.165, 1.54) is 22.1 Å². The maximum Gasteiger partial charge on any atom is 0.243 e. The van der Waals surface area contributed by atoms with Crippen LogP contribution >= 0.6 is 11.8 Å². The lowest BCUT2D eigenvalue weighted by atomic mass is 10.2. The molecule has 9 heteroatoms. The minimum absolute atomic E-state index is 0.206. The Hall–Kier alpha value is -1.94. The Balaban J connectivity index is 1.74. The second kappa shape index (κ2) is 9.04. The van der Waals surface area contributed by atoms with Gasteiger partial charge in [0, 0.05) is 25.0 Å². The van der Waals surface area contributed by atoms with Crippen LogP contribution in [0.4, 0.5) is 5.69 Å². The number of pyridine rings is 1. The highest BCUT2D eigenvalue weighted by molar-refractivity contribution is 8.00. The zero-order chi connectivity index (χ0) is 20.1. The fourth-order valence-electron chi connectivity index (χ4n) is 2.78. The van der Waals surface area contributed by atoms with Crippen molar-refractivity contribution in [2.75, 3.05) is 31.6 Å². The molecule has 1 fully saturated rings. The first-order valence-corrected chi connectivity index (χ1v) is 11.3. The Morgan fingerprint density at radius 2 is 2.00 bits per heavy atom. The van der Waals surface area contributed by atoms with Crippen LogP contribution in [0.2, 0.25) is 0 Å². The molecule has 3 rings (SSSR count). The molecule has 1 aromatic carbocycles. The van der Waals surface area contributed by atoms with E-state index < -0.39 is 10.0 Å². The average Bonchev–Trinajstić information content (AvgIpc) is 2.70. The predicted molar refractivity (Wildman–Crippen MR) is 109 cm³/mol. The van der Waals surface area contributed by atoms with Crippen LogP contribution in [0, 0.1) is 6.92 Å². The summed E-state index contributed by atoms with van der Waals surface area (Å²) in [6.07, 6.45) is 1.68. The van der Waals surface area contributed by atoms with E-state index in [0.29, 0.717) is 37.6 Å². The number of ether oxygens (including phenoxy) is 1. The van der Waals surface area contributed by atoms with E-state index in [0.717, 1.165) is 5.03 Å². The molecule has 28 heavy (non-hydrogen) atoms. The second-order valence-electron chi connectivity index (χ2n) is 6.41. The van der Waals surface area contributed by atoms with Gasteiger partial charge >= 0.3 is 0 Å². The lowest BCUT2D eigenvalue weighted by Crippen LogP contribution is -2.40. The first-order chi connectivity index (χ1) is 13.4. The molecular weight excluding hydrogens is 398 g/mol.